The van der Waals surface area contributed by atoms with Crippen molar-refractivity contribution in [2.45, 2.75) is 13.1 Å². The van der Waals surface area contributed by atoms with E-state index in [0.717, 1.165) is 22.8 Å². The van der Waals surface area contributed by atoms with Crippen LogP contribution in [0.2, 0.25) is 0 Å². The maximum absolute atomic E-state index is 5.69. The Balaban J connectivity index is 1.94. The molecule has 86 valence electrons. The topological polar surface area (TPSA) is 43.8 Å². The van der Waals surface area contributed by atoms with Crippen molar-refractivity contribution in [1.29, 1.82) is 0 Å². The van der Waals surface area contributed by atoms with Gasteiger partial charge in [0, 0.05) is 18.4 Å². The molecule has 3 aromatic rings. The summed E-state index contributed by atoms with van der Waals surface area (Å²) < 4.78 is 3.39. The molecule has 0 fully saturated rings. The van der Waals surface area contributed by atoms with E-state index in [0.29, 0.717) is 6.54 Å². The van der Waals surface area contributed by atoms with Crippen LogP contribution < -0.4 is 5.73 Å². The Labute approximate surface area is 104 Å². The van der Waals surface area contributed by atoms with Crippen molar-refractivity contribution in [3.05, 3.63) is 53.3 Å². The Bertz CT molecular complexity index is 606. The number of para-hydroxylation sites is 1. The third kappa shape index (κ3) is 1.97. The monoisotopic (exact) mass is 243 g/mol. The smallest absolute Gasteiger partial charge is 0.114 e. The van der Waals surface area contributed by atoms with E-state index in [1.54, 1.807) is 11.3 Å². The number of hydrogen-bond acceptors (Lipinski definition) is 3. The van der Waals surface area contributed by atoms with Crippen LogP contribution in [0.5, 0.6) is 0 Å². The fourth-order valence-electron chi connectivity index (χ4n) is 1.92. The molecule has 2 heterocycles. The molecule has 0 radical (unpaired) electrons. The first-order valence-electron chi connectivity index (χ1n) is 5.55. The van der Waals surface area contributed by atoms with Crippen molar-refractivity contribution in [2.75, 3.05) is 0 Å². The van der Waals surface area contributed by atoms with Crippen LogP contribution in [0.4, 0.5) is 0 Å². The van der Waals surface area contributed by atoms with Crippen LogP contribution in [-0.2, 0) is 13.1 Å². The summed E-state index contributed by atoms with van der Waals surface area (Å²) in [6.07, 6.45) is 2.05. The average Bonchev–Trinajstić information content (AvgIpc) is 2.94. The molecule has 0 amide bonds. The van der Waals surface area contributed by atoms with E-state index in [4.69, 9.17) is 5.73 Å². The Morgan fingerprint density at radius 3 is 2.88 bits per heavy atom. The molecule has 2 N–H and O–H groups in total. The van der Waals surface area contributed by atoms with Gasteiger partial charge in [-0.05, 0) is 24.3 Å². The third-order valence-electron chi connectivity index (χ3n) is 2.78. The second kappa shape index (κ2) is 4.31. The van der Waals surface area contributed by atoms with E-state index in [9.17, 15) is 0 Å². The minimum absolute atomic E-state index is 0.567. The van der Waals surface area contributed by atoms with Crippen molar-refractivity contribution in [3.8, 4) is 0 Å². The number of benzene rings is 1. The molecule has 4 heteroatoms. The molecule has 1 aromatic carbocycles. The fourth-order valence-corrected chi connectivity index (χ4v) is 2.89. The third-order valence-corrected chi connectivity index (χ3v) is 3.80. The summed E-state index contributed by atoms with van der Waals surface area (Å²) in [6.45, 7) is 1.37. The molecule has 0 aliphatic heterocycles. The molecular weight excluding hydrogens is 230 g/mol. The minimum Gasteiger partial charge on any atom is -0.343 e. The average molecular weight is 243 g/mol. The number of aromatic nitrogens is 2. The molecule has 0 spiro atoms. The molecule has 17 heavy (non-hydrogen) atoms. The van der Waals surface area contributed by atoms with Crippen LogP contribution in [0.1, 0.15) is 10.7 Å². The van der Waals surface area contributed by atoms with Crippen molar-refractivity contribution < 1.29 is 0 Å². The number of nitrogens with two attached hydrogens (primary N) is 1. The van der Waals surface area contributed by atoms with Gasteiger partial charge in [0.2, 0.25) is 0 Å². The Morgan fingerprint density at radius 2 is 2.06 bits per heavy atom. The van der Waals surface area contributed by atoms with Gasteiger partial charge >= 0.3 is 0 Å². The van der Waals surface area contributed by atoms with Gasteiger partial charge in [0.25, 0.3) is 0 Å². The molecule has 0 aliphatic rings. The van der Waals surface area contributed by atoms with E-state index in [-0.39, 0.29) is 0 Å². The zero-order valence-corrected chi connectivity index (χ0v) is 10.2. The summed E-state index contributed by atoms with van der Waals surface area (Å²) in [6, 6.07) is 12.3. The summed E-state index contributed by atoms with van der Waals surface area (Å²) in [5, 5.41) is 1.12. The molecule has 3 rings (SSSR count). The highest BCUT2D eigenvalue weighted by atomic mass is 32.1. The van der Waals surface area contributed by atoms with Crippen LogP contribution in [0.15, 0.2) is 42.6 Å². The van der Waals surface area contributed by atoms with Gasteiger partial charge in [-0.25, -0.2) is 4.98 Å². The van der Waals surface area contributed by atoms with Gasteiger partial charge in [0.1, 0.15) is 5.01 Å². The highest BCUT2D eigenvalue weighted by molar-refractivity contribution is 7.18. The highest BCUT2D eigenvalue weighted by Crippen LogP contribution is 2.22. The molecule has 0 saturated heterocycles. The number of thiazole rings is 1. The molecule has 3 nitrogen and oxygen atoms in total. The number of rotatable bonds is 3. The van der Waals surface area contributed by atoms with E-state index < -0.39 is 0 Å². The van der Waals surface area contributed by atoms with E-state index in [1.807, 2.05) is 30.5 Å². The second-order valence-corrected chi connectivity index (χ2v) is 5.02. The van der Waals surface area contributed by atoms with Crippen LogP contribution in [-0.4, -0.2) is 9.55 Å². The maximum Gasteiger partial charge on any atom is 0.114 e. The van der Waals surface area contributed by atoms with Gasteiger partial charge in [0.05, 0.1) is 16.8 Å². The van der Waals surface area contributed by atoms with Crippen LogP contribution >= 0.6 is 11.3 Å². The lowest BCUT2D eigenvalue weighted by atomic mass is 10.3. The standard InChI is InChI=1S/C13H13N3S/c14-8-10-4-3-7-16(10)9-13-15-11-5-1-2-6-12(11)17-13/h1-7H,8-9,14H2. The minimum atomic E-state index is 0.567. The lowest BCUT2D eigenvalue weighted by Gasteiger charge is -2.04. The maximum atomic E-state index is 5.69. The van der Waals surface area contributed by atoms with Crippen LogP contribution in [0, 0.1) is 0 Å². The van der Waals surface area contributed by atoms with E-state index in [2.05, 4.69) is 21.7 Å². The highest BCUT2D eigenvalue weighted by Gasteiger charge is 2.05. The summed E-state index contributed by atoms with van der Waals surface area (Å²) in [5.74, 6) is 0. The van der Waals surface area contributed by atoms with Gasteiger partial charge in [-0.3, -0.25) is 0 Å². The largest absolute Gasteiger partial charge is 0.343 e. The second-order valence-electron chi connectivity index (χ2n) is 3.91. The van der Waals surface area contributed by atoms with Gasteiger partial charge < -0.3 is 10.3 Å². The molecular formula is C13H13N3S. The Kier molecular flexibility index (Phi) is 2.66. The Hall–Kier alpha value is -1.65. The van der Waals surface area contributed by atoms with Crippen molar-refractivity contribution in [1.82, 2.24) is 9.55 Å². The predicted octanol–water partition coefficient (Wildman–Crippen LogP) is 2.60. The number of hydrogen-bond donors (Lipinski definition) is 1. The number of nitrogens with zero attached hydrogens (tertiary/aromatic N) is 2. The van der Waals surface area contributed by atoms with E-state index in [1.165, 1.54) is 4.70 Å². The molecule has 0 aliphatic carbocycles. The van der Waals surface area contributed by atoms with Crippen molar-refractivity contribution >= 4 is 21.6 Å². The van der Waals surface area contributed by atoms with Gasteiger partial charge in [-0.15, -0.1) is 11.3 Å². The van der Waals surface area contributed by atoms with Gasteiger partial charge in [-0.2, -0.15) is 0 Å². The normalized spacial score (nSPS) is 11.1. The summed E-state index contributed by atoms with van der Waals surface area (Å²) >= 11 is 1.74. The molecule has 0 atom stereocenters. The zero-order chi connectivity index (χ0) is 11.7. The predicted molar refractivity (Wildman–Crippen MR) is 71.0 cm³/mol. The van der Waals surface area contributed by atoms with E-state index >= 15 is 0 Å². The fraction of sp³-hybridized carbons (Fsp3) is 0.154. The number of fused-ring (bicyclic) bond motifs is 1. The first-order chi connectivity index (χ1) is 8.36. The Morgan fingerprint density at radius 1 is 1.18 bits per heavy atom. The van der Waals surface area contributed by atoms with Crippen molar-refractivity contribution in [3.63, 3.8) is 0 Å². The van der Waals surface area contributed by atoms with Crippen LogP contribution in [0.25, 0.3) is 10.2 Å². The SMILES string of the molecule is NCc1cccn1Cc1nc2ccccc2s1. The lowest BCUT2D eigenvalue weighted by molar-refractivity contribution is 0.741. The first kappa shape index (κ1) is 10.5. The molecule has 0 saturated carbocycles. The summed E-state index contributed by atoms with van der Waals surface area (Å²) in [5.41, 5.74) is 7.91. The van der Waals surface area contributed by atoms with Gasteiger partial charge in [0.15, 0.2) is 0 Å². The summed E-state index contributed by atoms with van der Waals surface area (Å²) in [7, 11) is 0. The zero-order valence-electron chi connectivity index (χ0n) is 9.34. The molecule has 0 bridgehead atoms. The molecule has 0 unspecified atom stereocenters. The molecule has 2 aromatic heterocycles. The van der Waals surface area contributed by atoms with Crippen molar-refractivity contribution in [2.24, 2.45) is 5.73 Å². The van der Waals surface area contributed by atoms with Gasteiger partial charge in [-0.1, -0.05) is 12.1 Å². The quantitative estimate of drug-likeness (QED) is 0.768. The lowest BCUT2D eigenvalue weighted by Crippen LogP contribution is -2.07. The van der Waals surface area contributed by atoms with Crippen LogP contribution in [0.3, 0.4) is 0 Å². The first-order valence-corrected chi connectivity index (χ1v) is 6.37. The summed E-state index contributed by atoms with van der Waals surface area (Å²) in [4.78, 5) is 4.62.